The van der Waals surface area contributed by atoms with E-state index < -0.39 is 5.63 Å². The fourth-order valence-corrected chi connectivity index (χ4v) is 5.55. The van der Waals surface area contributed by atoms with E-state index >= 15 is 0 Å². The predicted molar refractivity (Wildman–Crippen MR) is 130 cm³/mol. The standard InChI is InChI=1S/C26H16ClNO4S/c27-16-9-11-17(12-10-16)33-24-22(29)20-23(32-26(24)31)18-8-4-7-15-13-19(14-5-2-1-3-6-14)28(21(15)18)25(20)30/h1-12,19,29H,13H2. The van der Waals surface area contributed by atoms with Crippen LogP contribution in [-0.2, 0) is 6.42 Å². The van der Waals surface area contributed by atoms with E-state index in [1.165, 1.54) is 0 Å². The quantitative estimate of drug-likeness (QED) is 0.337. The van der Waals surface area contributed by atoms with E-state index in [2.05, 4.69) is 0 Å². The van der Waals surface area contributed by atoms with Crippen LogP contribution in [0.1, 0.15) is 17.2 Å². The monoisotopic (exact) mass is 473 g/mol. The molecule has 0 saturated carbocycles. The molecule has 3 aromatic carbocycles. The minimum Gasteiger partial charge on any atom is -0.505 e. The van der Waals surface area contributed by atoms with Gasteiger partial charge in [-0.15, -0.1) is 0 Å². The average molecular weight is 474 g/mol. The third kappa shape index (κ3) is 3.09. The summed E-state index contributed by atoms with van der Waals surface area (Å²) in [6.07, 6.45) is 0.643. The second kappa shape index (κ2) is 7.54. The summed E-state index contributed by atoms with van der Waals surface area (Å²) in [6, 6.07) is 22.1. The lowest BCUT2D eigenvalue weighted by Crippen LogP contribution is -2.24. The number of fused-ring (bicyclic) bond motifs is 2. The summed E-state index contributed by atoms with van der Waals surface area (Å²) in [5.41, 5.74) is 1.79. The molecular weight excluding hydrogens is 458 g/mol. The maximum atomic E-state index is 13.8. The van der Waals surface area contributed by atoms with E-state index in [1.807, 2.05) is 48.5 Å². The first-order valence-corrected chi connectivity index (χ1v) is 11.6. The molecule has 6 rings (SSSR count). The van der Waals surface area contributed by atoms with Gasteiger partial charge < -0.3 is 9.52 Å². The SMILES string of the molecule is O=c1oc2c(c(O)c1Sc1ccc(Cl)cc1)c(=O)n1c3c(cccc23)CC1c1ccccc1. The zero-order chi connectivity index (χ0) is 22.7. The van der Waals surface area contributed by atoms with Gasteiger partial charge >= 0.3 is 5.63 Å². The van der Waals surface area contributed by atoms with Gasteiger partial charge in [0, 0.05) is 15.3 Å². The normalized spacial score (nSPS) is 14.9. The fourth-order valence-electron chi connectivity index (χ4n) is 4.59. The Bertz CT molecular complexity index is 1670. The highest BCUT2D eigenvalue weighted by molar-refractivity contribution is 7.99. The largest absolute Gasteiger partial charge is 0.505 e. The van der Waals surface area contributed by atoms with Crippen molar-refractivity contribution in [3.05, 3.63) is 110 Å². The first-order chi connectivity index (χ1) is 16.0. The molecule has 3 heterocycles. The Hall–Kier alpha value is -3.48. The van der Waals surface area contributed by atoms with Gasteiger partial charge in [0.05, 0.1) is 11.6 Å². The summed E-state index contributed by atoms with van der Waals surface area (Å²) < 4.78 is 7.39. The summed E-state index contributed by atoms with van der Waals surface area (Å²) in [4.78, 5) is 27.3. The second-order valence-corrected chi connectivity index (χ2v) is 9.47. The van der Waals surface area contributed by atoms with Crippen LogP contribution >= 0.6 is 23.4 Å². The number of rotatable bonds is 3. The molecule has 5 aromatic rings. The average Bonchev–Trinajstić information content (AvgIpc) is 3.22. The van der Waals surface area contributed by atoms with Crippen LogP contribution in [0.15, 0.2) is 96.6 Å². The number of aromatic nitrogens is 1. The number of nitrogens with zero attached hydrogens (tertiary/aromatic N) is 1. The summed E-state index contributed by atoms with van der Waals surface area (Å²) in [5, 5.41) is 12.4. The molecule has 0 amide bonds. The Kier molecular flexibility index (Phi) is 4.60. The topological polar surface area (TPSA) is 72.4 Å². The molecule has 0 bridgehead atoms. The van der Waals surface area contributed by atoms with Gasteiger partial charge in [-0.1, -0.05) is 65.8 Å². The van der Waals surface area contributed by atoms with Gasteiger partial charge in [-0.3, -0.25) is 9.36 Å². The molecule has 2 aromatic heterocycles. The Morgan fingerprint density at radius 1 is 0.970 bits per heavy atom. The van der Waals surface area contributed by atoms with Crippen molar-refractivity contribution in [3.63, 3.8) is 0 Å². The number of hydrogen-bond acceptors (Lipinski definition) is 5. The predicted octanol–water partition coefficient (Wildman–Crippen LogP) is 5.76. The Morgan fingerprint density at radius 3 is 2.48 bits per heavy atom. The number of pyridine rings is 1. The van der Waals surface area contributed by atoms with E-state index in [0.29, 0.717) is 21.7 Å². The highest BCUT2D eigenvalue weighted by Crippen LogP contribution is 2.41. The molecule has 0 fully saturated rings. The van der Waals surface area contributed by atoms with Gasteiger partial charge in [-0.05, 0) is 47.9 Å². The minimum absolute atomic E-state index is 0.0125. The summed E-state index contributed by atoms with van der Waals surface area (Å²) in [5.74, 6) is -0.360. The van der Waals surface area contributed by atoms with Crippen LogP contribution in [-0.4, -0.2) is 9.67 Å². The molecule has 5 nitrogen and oxygen atoms in total. The zero-order valence-electron chi connectivity index (χ0n) is 17.1. The molecule has 162 valence electrons. The molecular formula is C26H16ClNO4S. The number of hydrogen-bond donors (Lipinski definition) is 1. The first kappa shape index (κ1) is 20.1. The number of para-hydroxylation sites is 1. The van der Waals surface area contributed by atoms with E-state index in [0.717, 1.165) is 28.4 Å². The number of benzene rings is 3. The highest BCUT2D eigenvalue weighted by Gasteiger charge is 2.31. The summed E-state index contributed by atoms with van der Waals surface area (Å²) >= 11 is 6.99. The third-order valence-corrected chi connectivity index (χ3v) is 7.36. The minimum atomic E-state index is -0.692. The van der Waals surface area contributed by atoms with Crippen LogP contribution in [0.2, 0.25) is 5.02 Å². The summed E-state index contributed by atoms with van der Waals surface area (Å²) in [6.45, 7) is 0. The molecule has 1 unspecified atom stereocenters. The third-order valence-electron chi connectivity index (χ3n) is 6.04. The van der Waals surface area contributed by atoms with E-state index in [4.69, 9.17) is 16.0 Å². The van der Waals surface area contributed by atoms with Crippen LogP contribution < -0.4 is 11.2 Å². The van der Waals surface area contributed by atoms with Gasteiger partial charge in [0.15, 0.2) is 11.3 Å². The van der Waals surface area contributed by atoms with Crippen LogP contribution in [0, 0.1) is 0 Å². The van der Waals surface area contributed by atoms with Crippen LogP contribution in [0.3, 0.4) is 0 Å². The van der Waals surface area contributed by atoms with Crippen molar-refractivity contribution in [1.29, 1.82) is 0 Å². The number of halogens is 1. The molecule has 1 N–H and O–H groups in total. The van der Waals surface area contributed by atoms with Gasteiger partial charge in [-0.2, -0.15) is 0 Å². The van der Waals surface area contributed by atoms with Gasteiger partial charge in [0.1, 0.15) is 10.3 Å². The molecule has 0 spiro atoms. The van der Waals surface area contributed by atoms with Crippen molar-refractivity contribution in [3.8, 4) is 5.75 Å². The fraction of sp³-hybridized carbons (Fsp3) is 0.0769. The van der Waals surface area contributed by atoms with Crippen molar-refractivity contribution in [1.82, 2.24) is 4.57 Å². The molecule has 1 aliphatic heterocycles. The lowest BCUT2D eigenvalue weighted by Gasteiger charge is -2.16. The summed E-state index contributed by atoms with van der Waals surface area (Å²) in [7, 11) is 0. The Balaban J connectivity index is 1.65. The molecule has 0 aliphatic carbocycles. The Morgan fingerprint density at radius 2 is 1.73 bits per heavy atom. The van der Waals surface area contributed by atoms with E-state index in [1.54, 1.807) is 28.8 Å². The molecule has 7 heteroatoms. The lowest BCUT2D eigenvalue weighted by molar-refractivity contribution is 0.446. The maximum absolute atomic E-state index is 13.8. The zero-order valence-corrected chi connectivity index (χ0v) is 18.7. The maximum Gasteiger partial charge on any atom is 0.354 e. The van der Waals surface area contributed by atoms with Crippen LogP contribution in [0.5, 0.6) is 5.75 Å². The van der Waals surface area contributed by atoms with Gasteiger partial charge in [-0.25, -0.2) is 4.79 Å². The molecule has 1 atom stereocenters. The van der Waals surface area contributed by atoms with Gasteiger partial charge in [0.25, 0.3) is 5.56 Å². The Labute approximate surface area is 196 Å². The van der Waals surface area contributed by atoms with Crippen LogP contribution in [0.25, 0.3) is 21.9 Å². The molecule has 0 saturated heterocycles. The van der Waals surface area contributed by atoms with Crippen LogP contribution in [0.4, 0.5) is 0 Å². The lowest BCUT2D eigenvalue weighted by atomic mass is 10.0. The first-order valence-electron chi connectivity index (χ1n) is 10.4. The smallest absolute Gasteiger partial charge is 0.354 e. The van der Waals surface area contributed by atoms with Crippen molar-refractivity contribution in [2.75, 3.05) is 0 Å². The van der Waals surface area contributed by atoms with Crippen molar-refractivity contribution in [2.45, 2.75) is 22.3 Å². The molecule has 33 heavy (non-hydrogen) atoms. The van der Waals surface area contributed by atoms with Crippen molar-refractivity contribution < 1.29 is 9.52 Å². The molecule has 1 aliphatic rings. The number of aromatic hydroxyl groups is 1. The molecule has 0 radical (unpaired) electrons. The van der Waals surface area contributed by atoms with Gasteiger partial charge in [0.2, 0.25) is 0 Å². The van der Waals surface area contributed by atoms with E-state index in [-0.39, 0.29) is 33.2 Å². The second-order valence-electron chi connectivity index (χ2n) is 7.95. The van der Waals surface area contributed by atoms with Crippen molar-refractivity contribution >= 4 is 45.2 Å². The van der Waals surface area contributed by atoms with E-state index in [9.17, 15) is 14.7 Å². The highest BCUT2D eigenvalue weighted by atomic mass is 35.5. The van der Waals surface area contributed by atoms with Crippen molar-refractivity contribution in [2.24, 2.45) is 0 Å².